The molecule has 7 heteroatoms. The first-order chi connectivity index (χ1) is 12.7. The number of anilines is 4. The van der Waals surface area contributed by atoms with E-state index in [1.807, 2.05) is 12.1 Å². The van der Waals surface area contributed by atoms with Crippen LogP contribution in [0.4, 0.5) is 23.1 Å². The average Bonchev–Trinajstić information content (AvgIpc) is 2.68. The van der Waals surface area contributed by atoms with Crippen LogP contribution in [0, 0.1) is 11.3 Å². The van der Waals surface area contributed by atoms with Gasteiger partial charge in [-0.05, 0) is 36.4 Å². The molecule has 1 aromatic heterocycles. The van der Waals surface area contributed by atoms with Crippen LogP contribution in [0.15, 0.2) is 60.8 Å². The lowest BCUT2D eigenvalue weighted by Gasteiger charge is -2.11. The molecular weight excluding hydrogens is 330 g/mol. The largest absolute Gasteiger partial charge is 0.465 e. The number of benzene rings is 2. The number of nitriles is 1. The Morgan fingerprint density at radius 3 is 2.77 bits per heavy atom. The summed E-state index contributed by atoms with van der Waals surface area (Å²) in [5, 5.41) is 15.1. The number of carbonyl (C=O) groups is 1. The molecule has 2 N–H and O–H groups in total. The van der Waals surface area contributed by atoms with Crippen molar-refractivity contribution in [1.29, 1.82) is 5.26 Å². The fraction of sp³-hybridized carbons (Fsp3) is 0.0526. The number of hydrogen-bond acceptors (Lipinski definition) is 7. The van der Waals surface area contributed by atoms with Gasteiger partial charge in [0.15, 0.2) is 0 Å². The van der Waals surface area contributed by atoms with E-state index in [9.17, 15) is 4.79 Å². The van der Waals surface area contributed by atoms with Crippen LogP contribution in [0.5, 0.6) is 0 Å². The van der Waals surface area contributed by atoms with Gasteiger partial charge in [-0.25, -0.2) is 9.78 Å². The highest BCUT2D eigenvalue weighted by Gasteiger charge is 2.11. The Kier molecular flexibility index (Phi) is 5.05. The van der Waals surface area contributed by atoms with E-state index in [0.29, 0.717) is 34.3 Å². The van der Waals surface area contributed by atoms with Crippen molar-refractivity contribution in [1.82, 2.24) is 9.97 Å². The van der Waals surface area contributed by atoms with Crippen molar-refractivity contribution in [3.8, 4) is 6.07 Å². The van der Waals surface area contributed by atoms with Crippen molar-refractivity contribution in [3.05, 3.63) is 71.9 Å². The number of nitrogens with zero attached hydrogens (tertiary/aromatic N) is 3. The van der Waals surface area contributed by atoms with Crippen molar-refractivity contribution in [2.75, 3.05) is 17.7 Å². The normalized spacial score (nSPS) is 9.85. The SMILES string of the molecule is COC(=O)c1ccccc1Nc1ccnc(Nc2cccc(C#N)c2)n1. The Bertz CT molecular complexity index is 981. The minimum absolute atomic E-state index is 0.362. The number of para-hydroxylation sites is 1. The van der Waals surface area contributed by atoms with Gasteiger partial charge in [-0.15, -0.1) is 0 Å². The van der Waals surface area contributed by atoms with Crippen molar-refractivity contribution in [3.63, 3.8) is 0 Å². The standard InChI is InChI=1S/C19H15N5O2/c1-26-18(25)15-7-2-3-8-16(15)23-17-9-10-21-19(24-17)22-14-6-4-5-13(11-14)12-20/h2-11H,1H3,(H2,21,22,23,24). The molecule has 128 valence electrons. The number of ether oxygens (including phenoxy) is 1. The summed E-state index contributed by atoms with van der Waals surface area (Å²) in [5.74, 6) is 0.435. The molecule has 0 aliphatic heterocycles. The van der Waals surface area contributed by atoms with Gasteiger partial charge in [0.2, 0.25) is 5.95 Å². The van der Waals surface area contributed by atoms with E-state index in [0.717, 1.165) is 0 Å². The second kappa shape index (κ2) is 7.77. The third kappa shape index (κ3) is 3.94. The van der Waals surface area contributed by atoms with E-state index >= 15 is 0 Å². The zero-order valence-corrected chi connectivity index (χ0v) is 13.9. The Morgan fingerprint density at radius 2 is 1.96 bits per heavy atom. The van der Waals surface area contributed by atoms with E-state index in [-0.39, 0.29) is 0 Å². The van der Waals surface area contributed by atoms with E-state index in [4.69, 9.17) is 10.00 Å². The molecule has 0 radical (unpaired) electrons. The maximum Gasteiger partial charge on any atom is 0.339 e. The number of methoxy groups -OCH3 is 1. The Balaban J connectivity index is 1.82. The molecular formula is C19H15N5O2. The van der Waals surface area contributed by atoms with Gasteiger partial charge in [0.25, 0.3) is 0 Å². The average molecular weight is 345 g/mol. The minimum Gasteiger partial charge on any atom is -0.465 e. The van der Waals surface area contributed by atoms with Crippen molar-refractivity contribution >= 4 is 29.1 Å². The van der Waals surface area contributed by atoms with E-state index in [1.54, 1.807) is 48.7 Å². The quantitative estimate of drug-likeness (QED) is 0.681. The predicted molar refractivity (Wildman–Crippen MR) is 97.5 cm³/mol. The van der Waals surface area contributed by atoms with Gasteiger partial charge in [0.1, 0.15) is 5.82 Å². The van der Waals surface area contributed by atoms with Crippen LogP contribution in [0.2, 0.25) is 0 Å². The number of carbonyl (C=O) groups excluding carboxylic acids is 1. The lowest BCUT2D eigenvalue weighted by atomic mass is 10.2. The molecule has 3 aromatic rings. The molecule has 0 unspecified atom stereocenters. The smallest absolute Gasteiger partial charge is 0.339 e. The van der Waals surface area contributed by atoms with E-state index in [2.05, 4.69) is 26.7 Å². The molecule has 0 atom stereocenters. The lowest BCUT2D eigenvalue weighted by molar-refractivity contribution is 0.0602. The highest BCUT2D eigenvalue weighted by molar-refractivity contribution is 5.96. The molecule has 0 saturated carbocycles. The molecule has 0 saturated heterocycles. The molecule has 0 amide bonds. The maximum absolute atomic E-state index is 11.9. The molecule has 7 nitrogen and oxygen atoms in total. The predicted octanol–water partition coefficient (Wildman–Crippen LogP) is 3.62. The van der Waals surface area contributed by atoms with Gasteiger partial charge >= 0.3 is 5.97 Å². The third-order valence-electron chi connectivity index (χ3n) is 3.50. The number of hydrogen-bond donors (Lipinski definition) is 2. The van der Waals surface area contributed by atoms with Gasteiger partial charge < -0.3 is 15.4 Å². The first-order valence-electron chi connectivity index (χ1n) is 7.74. The van der Waals surface area contributed by atoms with Crippen LogP contribution in [0.3, 0.4) is 0 Å². The molecule has 0 spiro atoms. The van der Waals surface area contributed by atoms with Crippen LogP contribution in [0.25, 0.3) is 0 Å². The monoisotopic (exact) mass is 345 g/mol. The molecule has 2 aromatic carbocycles. The zero-order valence-electron chi connectivity index (χ0n) is 13.9. The first kappa shape index (κ1) is 16.9. The summed E-state index contributed by atoms with van der Waals surface area (Å²) < 4.78 is 4.79. The summed E-state index contributed by atoms with van der Waals surface area (Å²) >= 11 is 0. The van der Waals surface area contributed by atoms with E-state index in [1.165, 1.54) is 7.11 Å². The van der Waals surface area contributed by atoms with Gasteiger partial charge in [-0.2, -0.15) is 10.2 Å². The fourth-order valence-corrected chi connectivity index (χ4v) is 2.30. The fourth-order valence-electron chi connectivity index (χ4n) is 2.30. The molecule has 26 heavy (non-hydrogen) atoms. The molecule has 0 bridgehead atoms. The van der Waals surface area contributed by atoms with Gasteiger partial charge in [-0.1, -0.05) is 18.2 Å². The van der Waals surface area contributed by atoms with Crippen LogP contribution >= 0.6 is 0 Å². The number of nitrogens with one attached hydrogen (secondary N) is 2. The first-order valence-corrected chi connectivity index (χ1v) is 7.74. The van der Waals surface area contributed by atoms with Crippen molar-refractivity contribution in [2.45, 2.75) is 0 Å². The lowest BCUT2D eigenvalue weighted by Crippen LogP contribution is -2.06. The summed E-state index contributed by atoms with van der Waals surface area (Å²) in [6.45, 7) is 0. The third-order valence-corrected chi connectivity index (χ3v) is 3.50. The second-order valence-corrected chi connectivity index (χ2v) is 5.25. The molecule has 0 aliphatic rings. The zero-order chi connectivity index (χ0) is 18.4. The molecule has 3 rings (SSSR count). The number of rotatable bonds is 5. The van der Waals surface area contributed by atoms with Gasteiger partial charge in [-0.3, -0.25) is 0 Å². The summed E-state index contributed by atoms with van der Waals surface area (Å²) in [4.78, 5) is 20.4. The van der Waals surface area contributed by atoms with Crippen LogP contribution in [0.1, 0.15) is 15.9 Å². The highest BCUT2D eigenvalue weighted by atomic mass is 16.5. The number of esters is 1. The van der Waals surface area contributed by atoms with Gasteiger partial charge in [0, 0.05) is 11.9 Å². The van der Waals surface area contributed by atoms with Gasteiger partial charge in [0.05, 0.1) is 30.0 Å². The van der Waals surface area contributed by atoms with Crippen LogP contribution < -0.4 is 10.6 Å². The van der Waals surface area contributed by atoms with Crippen LogP contribution in [-0.2, 0) is 4.74 Å². The molecule has 0 aliphatic carbocycles. The van der Waals surface area contributed by atoms with Crippen molar-refractivity contribution in [2.24, 2.45) is 0 Å². The Labute approximate surface area is 150 Å². The summed E-state index contributed by atoms with van der Waals surface area (Å²) in [7, 11) is 1.33. The summed E-state index contributed by atoms with van der Waals surface area (Å²) in [6, 6.07) is 17.8. The van der Waals surface area contributed by atoms with Crippen molar-refractivity contribution < 1.29 is 9.53 Å². The Morgan fingerprint density at radius 1 is 1.12 bits per heavy atom. The van der Waals surface area contributed by atoms with E-state index < -0.39 is 5.97 Å². The number of aromatic nitrogens is 2. The van der Waals surface area contributed by atoms with Crippen LogP contribution in [-0.4, -0.2) is 23.0 Å². The maximum atomic E-state index is 11.9. The molecule has 1 heterocycles. The minimum atomic E-state index is -0.436. The molecule has 0 fully saturated rings. The summed E-state index contributed by atoms with van der Waals surface area (Å²) in [5.41, 5.74) is 2.23. The Hall–Kier alpha value is -3.92. The second-order valence-electron chi connectivity index (χ2n) is 5.25. The highest BCUT2D eigenvalue weighted by Crippen LogP contribution is 2.21. The summed E-state index contributed by atoms with van der Waals surface area (Å²) in [6.07, 6.45) is 1.59. The topological polar surface area (TPSA) is 99.9 Å².